The molecule has 0 bridgehead atoms. The van der Waals surface area contributed by atoms with Gasteiger partial charge in [-0.05, 0) is 76.6 Å². The van der Waals surface area contributed by atoms with Gasteiger partial charge in [-0.15, -0.1) is 11.8 Å². The summed E-state index contributed by atoms with van der Waals surface area (Å²) >= 11 is 1.67. The van der Waals surface area contributed by atoms with Crippen LogP contribution in [0.2, 0.25) is 0 Å². The van der Waals surface area contributed by atoms with Crippen molar-refractivity contribution in [2.75, 3.05) is 12.9 Å². The molecule has 6 aromatic rings. The number of rotatable bonds is 7. The number of nitriles is 1. The van der Waals surface area contributed by atoms with Crippen molar-refractivity contribution in [2.45, 2.75) is 24.5 Å². The predicted octanol–water partition coefficient (Wildman–Crippen LogP) is 4.69. The molecule has 0 aliphatic carbocycles. The lowest BCUT2D eigenvalue weighted by atomic mass is 9.77. The molecule has 45 heavy (non-hydrogen) atoms. The van der Waals surface area contributed by atoms with E-state index in [4.69, 9.17) is 19.3 Å². The number of benzene rings is 4. The van der Waals surface area contributed by atoms with Crippen LogP contribution in [0.4, 0.5) is 0 Å². The van der Waals surface area contributed by atoms with Gasteiger partial charge in [0.25, 0.3) is 0 Å². The van der Waals surface area contributed by atoms with Crippen molar-refractivity contribution in [2.24, 2.45) is 0 Å². The molecule has 0 atom stereocenters. The largest absolute Gasteiger partial charge is 0.497 e. The highest BCUT2D eigenvalue weighted by molar-refractivity contribution is 7.99. The average Bonchev–Trinajstić information content (AvgIpc) is 3.84. The van der Waals surface area contributed by atoms with Crippen LogP contribution in [0.1, 0.15) is 17.5 Å². The molecule has 8 rings (SSSR count). The maximum atomic E-state index is 11.0. The number of para-hydroxylation sites is 1. The van der Waals surface area contributed by atoms with E-state index < -0.39 is 14.2 Å². The summed E-state index contributed by atoms with van der Waals surface area (Å²) in [5.74, 6) is 1.46. The Labute approximate surface area is 264 Å². The number of hydrogen-bond acceptors (Lipinski definition) is 7. The Kier molecular flexibility index (Phi) is 6.97. The van der Waals surface area contributed by atoms with Gasteiger partial charge >= 0.3 is 14.2 Å². The Morgan fingerprint density at radius 1 is 0.911 bits per heavy atom. The van der Waals surface area contributed by atoms with Gasteiger partial charge in [-0.25, -0.2) is 0 Å². The number of fused-ring (bicyclic) bond motifs is 4. The molecule has 0 unspecified atom stereocenters. The quantitative estimate of drug-likeness (QED) is 0.154. The molecule has 4 aromatic carbocycles. The van der Waals surface area contributed by atoms with Crippen molar-refractivity contribution in [1.29, 1.82) is 5.26 Å². The highest BCUT2D eigenvalue weighted by Crippen LogP contribution is 2.39. The van der Waals surface area contributed by atoms with E-state index >= 15 is 0 Å². The summed E-state index contributed by atoms with van der Waals surface area (Å²) in [6, 6.07) is 28.8. The van der Waals surface area contributed by atoms with Crippen molar-refractivity contribution in [3.8, 4) is 34.5 Å². The van der Waals surface area contributed by atoms with Crippen LogP contribution in [-0.4, -0.2) is 46.3 Å². The summed E-state index contributed by atoms with van der Waals surface area (Å²) < 4.78 is 21.2. The second kappa shape index (κ2) is 11.2. The Balaban J connectivity index is 1.37. The third-order valence-electron chi connectivity index (χ3n) is 8.68. The van der Waals surface area contributed by atoms with Gasteiger partial charge in [0, 0.05) is 51.0 Å². The van der Waals surface area contributed by atoms with Crippen LogP contribution in [0.15, 0.2) is 90.0 Å². The fourth-order valence-corrected chi connectivity index (χ4v) is 7.42. The fraction of sp³-hybridized carbons (Fsp3) is 0.147. The first-order valence-electron chi connectivity index (χ1n) is 14.7. The van der Waals surface area contributed by atoms with Crippen LogP contribution in [0, 0.1) is 11.3 Å². The Morgan fingerprint density at radius 2 is 1.73 bits per heavy atom. The number of methoxy groups -OCH3 is 1. The first kappa shape index (κ1) is 28.1. The SMILES string of the molecule is COc1ccc2c(c1)cc(-c1cc(-n3cc(SCCC#N)c4ccccc43)cc3c1COB3O)n2-c1ccc2c(c1)B(O)OC2. The molecule has 2 aliphatic heterocycles. The number of aromatic nitrogens is 2. The number of ether oxygens (including phenoxy) is 1. The van der Waals surface area contributed by atoms with Crippen LogP contribution in [-0.2, 0) is 22.5 Å². The molecule has 2 aromatic heterocycles. The smallest absolute Gasteiger partial charge is 0.491 e. The standard InChI is InChI=1S/C34H27B2N3O5S/c1-42-25-9-10-31-22(13-25)14-33(39(31)23-8-7-21-19-43-35(40)29(21)16-23)27-15-24(17-30-28(27)20-44-36(30)41)38-18-34(45-12-4-11-37)26-5-2-3-6-32(26)38/h2-3,5-10,13-18,40-41H,4,12,19-20H2,1H3. The number of thioether (sulfide) groups is 1. The summed E-state index contributed by atoms with van der Waals surface area (Å²) in [6.07, 6.45) is 2.58. The summed E-state index contributed by atoms with van der Waals surface area (Å²) in [4.78, 5) is 1.10. The zero-order valence-corrected chi connectivity index (χ0v) is 25.3. The van der Waals surface area contributed by atoms with Gasteiger partial charge in [0.1, 0.15) is 5.75 Å². The highest BCUT2D eigenvalue weighted by Gasteiger charge is 2.33. The van der Waals surface area contributed by atoms with Gasteiger partial charge in [-0.2, -0.15) is 5.26 Å². The minimum absolute atomic E-state index is 0.273. The van der Waals surface area contributed by atoms with Crippen LogP contribution in [0.25, 0.3) is 44.4 Å². The van der Waals surface area contributed by atoms with Gasteiger partial charge in [0.2, 0.25) is 0 Å². The lowest BCUT2D eigenvalue weighted by molar-refractivity contribution is 0.275. The zero-order chi connectivity index (χ0) is 30.7. The summed E-state index contributed by atoms with van der Waals surface area (Å²) in [6.45, 7) is 0.648. The number of nitrogens with zero attached hydrogens (tertiary/aromatic N) is 3. The maximum absolute atomic E-state index is 11.0. The summed E-state index contributed by atoms with van der Waals surface area (Å²) in [5, 5.41) is 32.7. The van der Waals surface area contributed by atoms with Crippen LogP contribution in [0.3, 0.4) is 0 Å². The van der Waals surface area contributed by atoms with Gasteiger partial charge in [0.05, 0.1) is 43.1 Å². The van der Waals surface area contributed by atoms with Crippen molar-refractivity contribution >= 4 is 58.7 Å². The zero-order valence-electron chi connectivity index (χ0n) is 24.4. The predicted molar refractivity (Wildman–Crippen MR) is 178 cm³/mol. The Morgan fingerprint density at radius 3 is 2.60 bits per heavy atom. The highest BCUT2D eigenvalue weighted by atomic mass is 32.2. The molecular weight excluding hydrogens is 584 g/mol. The van der Waals surface area contributed by atoms with E-state index in [9.17, 15) is 10.0 Å². The lowest BCUT2D eigenvalue weighted by Gasteiger charge is -2.17. The maximum Gasteiger partial charge on any atom is 0.491 e. The molecular formula is C34H27B2N3O5S. The first-order chi connectivity index (χ1) is 22.0. The molecule has 11 heteroatoms. The molecule has 0 amide bonds. The molecule has 0 saturated carbocycles. The third-order valence-corrected chi connectivity index (χ3v) is 9.73. The Bertz CT molecular complexity index is 2170. The molecule has 220 valence electrons. The van der Waals surface area contributed by atoms with Crippen molar-refractivity contribution < 1.29 is 24.1 Å². The van der Waals surface area contributed by atoms with Crippen molar-refractivity contribution in [3.05, 3.63) is 96.2 Å². The van der Waals surface area contributed by atoms with Crippen LogP contribution >= 0.6 is 11.8 Å². The fourth-order valence-electron chi connectivity index (χ4n) is 6.50. The molecule has 0 spiro atoms. The van der Waals surface area contributed by atoms with Gasteiger partial charge in [0.15, 0.2) is 0 Å². The first-order valence-corrected chi connectivity index (χ1v) is 15.7. The van der Waals surface area contributed by atoms with Gasteiger partial charge in [-0.3, -0.25) is 0 Å². The normalized spacial score (nSPS) is 13.9. The molecule has 4 heterocycles. The van der Waals surface area contributed by atoms with Crippen LogP contribution in [0.5, 0.6) is 5.75 Å². The monoisotopic (exact) mass is 611 g/mol. The minimum Gasteiger partial charge on any atom is -0.497 e. The van der Waals surface area contributed by atoms with Crippen molar-refractivity contribution in [3.63, 3.8) is 0 Å². The second-order valence-electron chi connectivity index (χ2n) is 11.2. The van der Waals surface area contributed by atoms with Crippen LogP contribution < -0.4 is 15.7 Å². The Hall–Kier alpha value is -4.43. The molecule has 0 fully saturated rings. The second-order valence-corrected chi connectivity index (χ2v) is 12.3. The van der Waals surface area contributed by atoms with E-state index in [0.29, 0.717) is 18.8 Å². The molecule has 2 N–H and O–H groups in total. The molecule has 0 saturated heterocycles. The minimum atomic E-state index is -1.05. The molecule has 8 nitrogen and oxygen atoms in total. The third kappa shape index (κ3) is 4.65. The van der Waals surface area contributed by atoms with E-state index in [-0.39, 0.29) is 6.61 Å². The average molecular weight is 611 g/mol. The summed E-state index contributed by atoms with van der Waals surface area (Å²) in [5.41, 5.74) is 9.01. The van der Waals surface area contributed by atoms with E-state index in [0.717, 1.165) is 77.1 Å². The number of hydrogen-bond donors (Lipinski definition) is 2. The molecule has 2 aliphatic rings. The van der Waals surface area contributed by atoms with E-state index in [1.807, 2.05) is 54.6 Å². The van der Waals surface area contributed by atoms with Gasteiger partial charge in [-0.1, -0.05) is 24.3 Å². The van der Waals surface area contributed by atoms with E-state index in [1.165, 1.54) is 0 Å². The topological polar surface area (TPSA) is 102 Å². The summed E-state index contributed by atoms with van der Waals surface area (Å²) in [7, 11) is -0.358. The van der Waals surface area contributed by atoms with E-state index in [1.54, 1.807) is 18.9 Å². The van der Waals surface area contributed by atoms with Gasteiger partial charge < -0.3 is 33.2 Å². The lowest BCUT2D eigenvalue weighted by Crippen LogP contribution is -2.29. The van der Waals surface area contributed by atoms with E-state index in [2.05, 4.69) is 45.7 Å². The van der Waals surface area contributed by atoms with Crippen molar-refractivity contribution in [1.82, 2.24) is 9.13 Å². The molecule has 0 radical (unpaired) electrons.